The molecule has 0 aromatic heterocycles. The first kappa shape index (κ1) is 9.93. The zero-order chi connectivity index (χ0) is 10.8. The lowest BCUT2D eigenvalue weighted by molar-refractivity contribution is -0.116. The highest BCUT2D eigenvalue weighted by molar-refractivity contribution is 6.07. The van der Waals surface area contributed by atoms with Crippen LogP contribution in [-0.4, -0.2) is 19.0 Å². The van der Waals surface area contributed by atoms with Crippen LogP contribution in [0.3, 0.4) is 0 Å². The molecule has 3 nitrogen and oxygen atoms in total. The molecule has 15 heavy (non-hydrogen) atoms. The van der Waals surface area contributed by atoms with Crippen LogP contribution in [0.15, 0.2) is 36.0 Å². The fourth-order valence-electron chi connectivity index (χ4n) is 1.86. The summed E-state index contributed by atoms with van der Waals surface area (Å²) < 4.78 is 5.26. The number of ether oxygens (including phenoxy) is 1. The molecule has 2 rings (SSSR count). The van der Waals surface area contributed by atoms with Crippen molar-refractivity contribution in [1.82, 2.24) is 0 Å². The summed E-state index contributed by atoms with van der Waals surface area (Å²) in [6.07, 6.45) is 0.159. The number of methoxy groups -OCH3 is 1. The van der Waals surface area contributed by atoms with Gasteiger partial charge in [0.05, 0.1) is 11.8 Å². The Labute approximate surface area is 88.5 Å². The van der Waals surface area contributed by atoms with Gasteiger partial charge in [-0.25, -0.2) is 0 Å². The third-order valence-electron chi connectivity index (χ3n) is 2.65. The lowest BCUT2D eigenvalue weighted by Gasteiger charge is -2.12. The molecular weight excluding hydrogens is 190 g/mol. The molecule has 1 aromatic rings. The topological polar surface area (TPSA) is 52.3 Å². The van der Waals surface area contributed by atoms with Crippen molar-refractivity contribution in [1.29, 1.82) is 0 Å². The molecule has 1 aliphatic carbocycles. The molecule has 1 unspecified atom stereocenters. The number of allylic oxidation sites excluding steroid dienone is 1. The van der Waals surface area contributed by atoms with E-state index in [-0.39, 0.29) is 11.9 Å². The second-order valence-corrected chi connectivity index (χ2v) is 3.55. The van der Waals surface area contributed by atoms with Gasteiger partial charge in [0.15, 0.2) is 5.78 Å². The summed E-state index contributed by atoms with van der Waals surface area (Å²) in [6.45, 7) is 0. The number of nitrogens with two attached hydrogens (primary N) is 1. The van der Waals surface area contributed by atoms with Gasteiger partial charge >= 0.3 is 0 Å². The van der Waals surface area contributed by atoms with Crippen molar-refractivity contribution in [3.05, 3.63) is 41.6 Å². The first-order valence-corrected chi connectivity index (χ1v) is 4.85. The molecule has 3 heteroatoms. The van der Waals surface area contributed by atoms with E-state index < -0.39 is 0 Å². The molecule has 1 atom stereocenters. The van der Waals surface area contributed by atoms with Gasteiger partial charge in [0, 0.05) is 19.1 Å². The Bertz CT molecular complexity index is 409. The maximum Gasteiger partial charge on any atom is 0.181 e. The second kappa shape index (κ2) is 3.87. The minimum Gasteiger partial charge on any atom is -0.396 e. The molecule has 0 fully saturated rings. The van der Waals surface area contributed by atoms with Crippen LogP contribution in [-0.2, 0) is 9.53 Å². The number of carbonyl (C=O) groups is 1. The van der Waals surface area contributed by atoms with Crippen molar-refractivity contribution in [3.8, 4) is 0 Å². The molecule has 0 radical (unpaired) electrons. The van der Waals surface area contributed by atoms with E-state index in [1.165, 1.54) is 0 Å². The summed E-state index contributed by atoms with van der Waals surface area (Å²) in [5.41, 5.74) is 7.90. The van der Waals surface area contributed by atoms with Gasteiger partial charge < -0.3 is 10.5 Å². The summed E-state index contributed by atoms with van der Waals surface area (Å²) in [7, 11) is 1.60. The smallest absolute Gasteiger partial charge is 0.181 e. The molecule has 0 aliphatic heterocycles. The van der Waals surface area contributed by atoms with E-state index in [9.17, 15) is 4.79 Å². The van der Waals surface area contributed by atoms with Crippen LogP contribution in [0.25, 0.3) is 5.57 Å². The molecule has 1 aliphatic rings. The molecule has 0 amide bonds. The molecule has 0 saturated heterocycles. The average molecular weight is 203 g/mol. The molecule has 0 heterocycles. The third-order valence-corrected chi connectivity index (χ3v) is 2.65. The van der Waals surface area contributed by atoms with Gasteiger partial charge in [0.1, 0.15) is 0 Å². The Morgan fingerprint density at radius 2 is 2.00 bits per heavy atom. The fourth-order valence-corrected chi connectivity index (χ4v) is 1.86. The lowest BCUT2D eigenvalue weighted by Crippen LogP contribution is -2.09. The van der Waals surface area contributed by atoms with Crippen LogP contribution in [0, 0.1) is 0 Å². The monoisotopic (exact) mass is 203 g/mol. The van der Waals surface area contributed by atoms with Crippen LogP contribution in [0.1, 0.15) is 12.0 Å². The SMILES string of the molecule is COC1CC(=O)C(N)=C1c1ccccc1. The maximum atomic E-state index is 11.5. The summed E-state index contributed by atoms with van der Waals surface area (Å²) in [4.78, 5) is 11.5. The van der Waals surface area contributed by atoms with Gasteiger partial charge in [0.25, 0.3) is 0 Å². The number of ketones is 1. The number of Topliss-reactive ketones (excluding diaryl/α,β-unsaturated/α-hetero) is 1. The van der Waals surface area contributed by atoms with E-state index in [2.05, 4.69) is 0 Å². The van der Waals surface area contributed by atoms with E-state index in [1.54, 1.807) is 7.11 Å². The van der Waals surface area contributed by atoms with Crippen molar-refractivity contribution < 1.29 is 9.53 Å². The molecule has 0 bridgehead atoms. The van der Waals surface area contributed by atoms with Crippen LogP contribution in [0.4, 0.5) is 0 Å². The zero-order valence-electron chi connectivity index (χ0n) is 8.57. The highest BCUT2D eigenvalue weighted by Crippen LogP contribution is 2.31. The first-order chi connectivity index (χ1) is 7.24. The van der Waals surface area contributed by atoms with E-state index >= 15 is 0 Å². The maximum absolute atomic E-state index is 11.5. The van der Waals surface area contributed by atoms with E-state index in [4.69, 9.17) is 10.5 Å². The fraction of sp³-hybridized carbons (Fsp3) is 0.250. The Balaban J connectivity index is 2.46. The minimum absolute atomic E-state index is 0.0271. The van der Waals surface area contributed by atoms with Crippen LogP contribution in [0.2, 0.25) is 0 Å². The summed E-state index contributed by atoms with van der Waals surface area (Å²) in [5, 5.41) is 0. The van der Waals surface area contributed by atoms with Crippen molar-refractivity contribution in [2.45, 2.75) is 12.5 Å². The third kappa shape index (κ3) is 1.66. The van der Waals surface area contributed by atoms with E-state index in [0.717, 1.165) is 11.1 Å². The lowest BCUT2D eigenvalue weighted by atomic mass is 10.0. The number of rotatable bonds is 2. The Morgan fingerprint density at radius 1 is 1.33 bits per heavy atom. The quantitative estimate of drug-likeness (QED) is 0.789. The standard InChI is InChI=1S/C12H13NO2/c1-15-10-7-9(14)12(13)11(10)8-5-3-2-4-6-8/h2-6,10H,7,13H2,1H3. The van der Waals surface area contributed by atoms with Crippen molar-refractivity contribution in [2.24, 2.45) is 5.73 Å². The van der Waals surface area contributed by atoms with Crippen molar-refractivity contribution in [3.63, 3.8) is 0 Å². The average Bonchev–Trinajstić information content (AvgIpc) is 2.56. The van der Waals surface area contributed by atoms with Gasteiger partial charge in [-0.2, -0.15) is 0 Å². The van der Waals surface area contributed by atoms with E-state index in [1.807, 2.05) is 30.3 Å². The Hall–Kier alpha value is -1.61. The Kier molecular flexibility index (Phi) is 2.56. The van der Waals surface area contributed by atoms with E-state index in [0.29, 0.717) is 12.1 Å². The van der Waals surface area contributed by atoms with Crippen molar-refractivity contribution in [2.75, 3.05) is 7.11 Å². The highest BCUT2D eigenvalue weighted by Gasteiger charge is 2.31. The summed E-state index contributed by atoms with van der Waals surface area (Å²) in [6, 6.07) is 9.65. The first-order valence-electron chi connectivity index (χ1n) is 4.85. The summed E-state index contributed by atoms with van der Waals surface area (Å²) >= 11 is 0. The van der Waals surface area contributed by atoms with Crippen molar-refractivity contribution >= 4 is 11.4 Å². The van der Waals surface area contributed by atoms with Crippen LogP contribution < -0.4 is 5.73 Å². The van der Waals surface area contributed by atoms with Crippen LogP contribution in [0.5, 0.6) is 0 Å². The van der Waals surface area contributed by atoms with Gasteiger partial charge in [0.2, 0.25) is 0 Å². The predicted octanol–water partition coefficient (Wildman–Crippen LogP) is 1.34. The second-order valence-electron chi connectivity index (χ2n) is 3.55. The summed E-state index contributed by atoms with van der Waals surface area (Å²) in [5.74, 6) is -0.0271. The minimum atomic E-state index is -0.195. The molecular formula is C12H13NO2. The van der Waals surface area contributed by atoms with Gasteiger partial charge in [-0.05, 0) is 5.56 Å². The number of hydrogen-bond donors (Lipinski definition) is 1. The molecule has 0 spiro atoms. The zero-order valence-corrected chi connectivity index (χ0v) is 8.57. The molecule has 78 valence electrons. The van der Waals surface area contributed by atoms with Gasteiger partial charge in [-0.1, -0.05) is 30.3 Å². The molecule has 0 saturated carbocycles. The molecule has 1 aromatic carbocycles. The number of hydrogen-bond acceptors (Lipinski definition) is 3. The highest BCUT2D eigenvalue weighted by atomic mass is 16.5. The predicted molar refractivity (Wildman–Crippen MR) is 58.0 cm³/mol. The largest absolute Gasteiger partial charge is 0.396 e. The van der Waals surface area contributed by atoms with Crippen LogP contribution >= 0.6 is 0 Å². The number of benzene rings is 1. The van der Waals surface area contributed by atoms with Gasteiger partial charge in [-0.3, -0.25) is 4.79 Å². The number of carbonyl (C=O) groups excluding carboxylic acids is 1. The van der Waals surface area contributed by atoms with Gasteiger partial charge in [-0.15, -0.1) is 0 Å². The molecule has 2 N–H and O–H groups in total. The normalized spacial score (nSPS) is 21.1. The Morgan fingerprint density at radius 3 is 2.60 bits per heavy atom.